The predicted molar refractivity (Wildman–Crippen MR) is 91.1 cm³/mol. The summed E-state index contributed by atoms with van der Waals surface area (Å²) in [6, 6.07) is 9.26. The summed E-state index contributed by atoms with van der Waals surface area (Å²) in [6.45, 7) is 4.29. The molecule has 0 radical (unpaired) electrons. The maximum atomic E-state index is 12.6. The third kappa shape index (κ3) is 4.64. The standard InChI is InChI=1S/C16H23N3O4S/c1-13(2)19-12-15(16(18-19)14-6-4-3-5-7-14)24(21,22)17-8-10-23-11-9-20/h3-7,12-13,17,20H,8-11H2,1-2H3. The van der Waals surface area contributed by atoms with E-state index in [9.17, 15) is 8.42 Å². The van der Waals surface area contributed by atoms with Crippen molar-refractivity contribution in [3.05, 3.63) is 36.5 Å². The number of aliphatic hydroxyl groups excluding tert-OH is 1. The summed E-state index contributed by atoms with van der Waals surface area (Å²) in [5, 5.41) is 13.1. The van der Waals surface area contributed by atoms with Crippen LogP contribution in [0, 0.1) is 0 Å². The molecule has 1 aromatic heterocycles. The molecule has 2 N–H and O–H groups in total. The van der Waals surface area contributed by atoms with E-state index >= 15 is 0 Å². The van der Waals surface area contributed by atoms with Crippen molar-refractivity contribution in [2.24, 2.45) is 0 Å². The molecule has 0 amide bonds. The van der Waals surface area contributed by atoms with E-state index in [1.165, 1.54) is 0 Å². The summed E-state index contributed by atoms with van der Waals surface area (Å²) in [6.07, 6.45) is 1.55. The third-order valence-corrected chi connectivity index (χ3v) is 4.80. The van der Waals surface area contributed by atoms with Crippen LogP contribution in [0.2, 0.25) is 0 Å². The van der Waals surface area contributed by atoms with Gasteiger partial charge in [-0.05, 0) is 13.8 Å². The van der Waals surface area contributed by atoms with Crippen molar-refractivity contribution in [1.29, 1.82) is 0 Å². The summed E-state index contributed by atoms with van der Waals surface area (Å²) in [4.78, 5) is 0.143. The quantitative estimate of drug-likeness (QED) is 0.665. The maximum absolute atomic E-state index is 12.6. The van der Waals surface area contributed by atoms with E-state index in [0.29, 0.717) is 5.69 Å². The lowest BCUT2D eigenvalue weighted by Crippen LogP contribution is -2.28. The number of nitrogens with zero attached hydrogens (tertiary/aromatic N) is 2. The number of hydrogen-bond donors (Lipinski definition) is 2. The first-order valence-electron chi connectivity index (χ1n) is 7.78. The molecule has 24 heavy (non-hydrogen) atoms. The number of hydrogen-bond acceptors (Lipinski definition) is 5. The highest BCUT2D eigenvalue weighted by molar-refractivity contribution is 7.89. The van der Waals surface area contributed by atoms with Crippen LogP contribution in [-0.4, -0.2) is 49.7 Å². The lowest BCUT2D eigenvalue weighted by atomic mass is 10.2. The van der Waals surface area contributed by atoms with Gasteiger partial charge in [-0.25, -0.2) is 13.1 Å². The largest absolute Gasteiger partial charge is 0.394 e. The van der Waals surface area contributed by atoms with Crippen LogP contribution >= 0.6 is 0 Å². The minimum atomic E-state index is -3.71. The fourth-order valence-corrected chi connectivity index (χ4v) is 3.29. The van der Waals surface area contributed by atoms with E-state index in [-0.39, 0.29) is 37.3 Å². The second kappa shape index (κ2) is 8.39. The van der Waals surface area contributed by atoms with Crippen molar-refractivity contribution in [2.75, 3.05) is 26.4 Å². The Hall–Kier alpha value is -1.74. The zero-order valence-corrected chi connectivity index (χ0v) is 14.7. The Labute approximate surface area is 142 Å². The summed E-state index contributed by atoms with van der Waals surface area (Å²) >= 11 is 0. The molecule has 2 aromatic rings. The lowest BCUT2D eigenvalue weighted by Gasteiger charge is -2.07. The average molecular weight is 353 g/mol. The van der Waals surface area contributed by atoms with Crippen molar-refractivity contribution < 1.29 is 18.3 Å². The van der Waals surface area contributed by atoms with Crippen molar-refractivity contribution in [2.45, 2.75) is 24.8 Å². The van der Waals surface area contributed by atoms with Crippen LogP contribution in [0.5, 0.6) is 0 Å². The monoisotopic (exact) mass is 353 g/mol. The minimum Gasteiger partial charge on any atom is -0.394 e. The van der Waals surface area contributed by atoms with Crippen LogP contribution in [0.15, 0.2) is 41.4 Å². The molecule has 0 saturated heterocycles. The van der Waals surface area contributed by atoms with Gasteiger partial charge in [-0.2, -0.15) is 5.10 Å². The third-order valence-electron chi connectivity index (χ3n) is 3.34. The second-order valence-electron chi connectivity index (χ2n) is 5.52. The van der Waals surface area contributed by atoms with Gasteiger partial charge in [0.25, 0.3) is 0 Å². The molecule has 0 atom stereocenters. The van der Waals surface area contributed by atoms with Gasteiger partial charge in [-0.1, -0.05) is 30.3 Å². The van der Waals surface area contributed by atoms with Crippen molar-refractivity contribution >= 4 is 10.0 Å². The number of benzene rings is 1. The van der Waals surface area contributed by atoms with Crippen LogP contribution < -0.4 is 4.72 Å². The molecule has 0 aliphatic heterocycles. The molecule has 0 fully saturated rings. The van der Waals surface area contributed by atoms with Crippen molar-refractivity contribution in [3.63, 3.8) is 0 Å². The Bertz CT molecular complexity index is 742. The fraction of sp³-hybridized carbons (Fsp3) is 0.438. The first kappa shape index (κ1) is 18.6. The topological polar surface area (TPSA) is 93.5 Å². The molecule has 8 heteroatoms. The lowest BCUT2D eigenvalue weighted by molar-refractivity contribution is 0.0961. The first-order chi connectivity index (χ1) is 11.5. The summed E-state index contributed by atoms with van der Waals surface area (Å²) in [5.74, 6) is 0. The fourth-order valence-electron chi connectivity index (χ4n) is 2.12. The van der Waals surface area contributed by atoms with Crippen molar-refractivity contribution in [3.8, 4) is 11.3 Å². The van der Waals surface area contributed by atoms with Crippen LogP contribution in [0.1, 0.15) is 19.9 Å². The maximum Gasteiger partial charge on any atom is 0.244 e. The highest BCUT2D eigenvalue weighted by atomic mass is 32.2. The summed E-state index contributed by atoms with van der Waals surface area (Å²) in [7, 11) is -3.71. The van der Waals surface area contributed by atoms with E-state index < -0.39 is 10.0 Å². The Morgan fingerprint density at radius 2 is 1.96 bits per heavy atom. The van der Waals surface area contributed by atoms with Gasteiger partial charge in [-0.3, -0.25) is 4.68 Å². The van der Waals surface area contributed by atoms with Crippen LogP contribution in [0.4, 0.5) is 0 Å². The number of aromatic nitrogens is 2. The average Bonchev–Trinajstić information content (AvgIpc) is 3.02. The minimum absolute atomic E-state index is 0.0456. The predicted octanol–water partition coefficient (Wildman–Crippen LogP) is 1.42. The number of aliphatic hydroxyl groups is 1. The molecule has 0 aliphatic rings. The molecular weight excluding hydrogens is 330 g/mol. The molecule has 0 unspecified atom stereocenters. The Kier molecular flexibility index (Phi) is 6.50. The zero-order valence-electron chi connectivity index (χ0n) is 13.8. The molecule has 0 spiro atoms. The van der Waals surface area contributed by atoms with Crippen molar-refractivity contribution in [1.82, 2.24) is 14.5 Å². The second-order valence-corrected chi connectivity index (χ2v) is 7.25. The molecule has 132 valence electrons. The van der Waals surface area contributed by atoms with Gasteiger partial charge in [0.2, 0.25) is 10.0 Å². The number of sulfonamides is 1. The van der Waals surface area contributed by atoms with Gasteiger partial charge in [0.1, 0.15) is 10.6 Å². The highest BCUT2D eigenvalue weighted by Crippen LogP contribution is 2.26. The Morgan fingerprint density at radius 3 is 2.58 bits per heavy atom. The molecule has 0 saturated carbocycles. The molecule has 0 bridgehead atoms. The summed E-state index contributed by atoms with van der Waals surface area (Å²) in [5.41, 5.74) is 1.17. The zero-order chi connectivity index (χ0) is 17.6. The molecule has 0 aliphatic carbocycles. The van der Waals surface area contributed by atoms with E-state index in [0.717, 1.165) is 5.56 Å². The smallest absolute Gasteiger partial charge is 0.244 e. The Balaban J connectivity index is 2.27. The number of nitrogens with one attached hydrogen (secondary N) is 1. The molecule has 1 aromatic carbocycles. The van der Waals surface area contributed by atoms with Gasteiger partial charge in [-0.15, -0.1) is 0 Å². The Morgan fingerprint density at radius 1 is 1.25 bits per heavy atom. The number of ether oxygens (including phenoxy) is 1. The van der Waals surface area contributed by atoms with E-state index in [1.807, 2.05) is 44.2 Å². The van der Waals surface area contributed by atoms with Gasteiger partial charge in [0.05, 0.1) is 19.8 Å². The molecule has 7 nitrogen and oxygen atoms in total. The van der Waals surface area contributed by atoms with Crippen LogP contribution in [0.3, 0.4) is 0 Å². The van der Waals surface area contributed by atoms with Gasteiger partial charge < -0.3 is 9.84 Å². The molecule has 2 rings (SSSR count). The number of rotatable bonds is 9. The highest BCUT2D eigenvalue weighted by Gasteiger charge is 2.23. The van der Waals surface area contributed by atoms with E-state index in [1.54, 1.807) is 10.9 Å². The normalized spacial score (nSPS) is 12.0. The SMILES string of the molecule is CC(C)n1cc(S(=O)(=O)NCCOCCO)c(-c2ccccc2)n1. The van der Waals surface area contributed by atoms with Crippen LogP contribution in [-0.2, 0) is 14.8 Å². The molecular formula is C16H23N3O4S. The van der Waals surface area contributed by atoms with Gasteiger partial charge in [0, 0.05) is 24.3 Å². The van der Waals surface area contributed by atoms with Gasteiger partial charge in [0.15, 0.2) is 0 Å². The van der Waals surface area contributed by atoms with Crippen LogP contribution in [0.25, 0.3) is 11.3 Å². The molecule has 1 heterocycles. The first-order valence-corrected chi connectivity index (χ1v) is 9.27. The summed E-state index contributed by atoms with van der Waals surface area (Å²) < 4.78 is 34.5. The van der Waals surface area contributed by atoms with E-state index in [2.05, 4.69) is 9.82 Å². The van der Waals surface area contributed by atoms with Gasteiger partial charge >= 0.3 is 0 Å². The van der Waals surface area contributed by atoms with E-state index in [4.69, 9.17) is 9.84 Å².